The number of sulfonamides is 1. The minimum atomic E-state index is -4.00. The molecule has 60 heavy (non-hydrogen) atoms. The summed E-state index contributed by atoms with van der Waals surface area (Å²) in [5.74, 6) is -0.475. The predicted molar refractivity (Wildman–Crippen MR) is 242 cm³/mol. The summed E-state index contributed by atoms with van der Waals surface area (Å²) in [6, 6.07) is 30.3. The summed E-state index contributed by atoms with van der Waals surface area (Å²) in [5, 5.41) is 12.7. The van der Waals surface area contributed by atoms with E-state index < -0.39 is 28.3 Å². The maximum Gasteiger partial charge on any atom is 0.242 e. The number of aliphatic hydroxyl groups is 1. The van der Waals surface area contributed by atoms with E-state index in [0.717, 1.165) is 47.5 Å². The lowest BCUT2D eigenvalue weighted by molar-refractivity contribution is -0.253. The topological polar surface area (TPSA) is 117 Å². The lowest BCUT2D eigenvalue weighted by Gasteiger charge is -2.38. The molecule has 5 rings (SSSR count). The molecule has 0 saturated carbocycles. The van der Waals surface area contributed by atoms with Crippen molar-refractivity contribution < 1.29 is 27.8 Å². The van der Waals surface area contributed by atoms with Crippen molar-refractivity contribution in [1.82, 2.24) is 9.62 Å². The van der Waals surface area contributed by atoms with E-state index in [-0.39, 0.29) is 30.1 Å². The monoisotopic (exact) mass is 839 g/mol. The first-order valence-electron chi connectivity index (χ1n) is 22.4. The highest BCUT2D eigenvalue weighted by molar-refractivity contribution is 7.89. The molecule has 0 unspecified atom stereocenters. The SMILES string of the molecule is CCCCCCCCN(CCCCCCCC)C[C@@H]1C[C@H](c2ccc(CO)cc2)O[C@H](c2cccc(NC(=O)[C@@H](Cc3ccccc3)NS(=O)(=O)c3ccc(C)cc3)c2)O1. The Morgan fingerprint density at radius 2 is 1.37 bits per heavy atom. The summed E-state index contributed by atoms with van der Waals surface area (Å²) < 4.78 is 43.3. The van der Waals surface area contributed by atoms with E-state index in [0.29, 0.717) is 12.1 Å². The van der Waals surface area contributed by atoms with Crippen LogP contribution in [0.1, 0.15) is 138 Å². The highest BCUT2D eigenvalue weighted by atomic mass is 32.2. The predicted octanol–water partition coefficient (Wildman–Crippen LogP) is 10.6. The molecule has 1 aliphatic heterocycles. The molecular weight excluding hydrogens is 771 g/mol. The molecule has 1 aliphatic rings. The Morgan fingerprint density at radius 1 is 0.733 bits per heavy atom. The molecule has 0 aromatic heterocycles. The van der Waals surface area contributed by atoms with E-state index in [4.69, 9.17) is 9.47 Å². The minimum Gasteiger partial charge on any atom is -0.392 e. The summed E-state index contributed by atoms with van der Waals surface area (Å²) in [7, 11) is -4.00. The molecule has 0 spiro atoms. The average Bonchev–Trinajstić information content (AvgIpc) is 3.26. The fourth-order valence-corrected chi connectivity index (χ4v) is 9.05. The Bertz CT molecular complexity index is 1930. The van der Waals surface area contributed by atoms with Crippen molar-refractivity contribution in [2.75, 3.05) is 25.0 Å². The zero-order valence-electron chi connectivity index (χ0n) is 36.2. The fourth-order valence-electron chi connectivity index (χ4n) is 7.85. The number of aliphatic hydroxyl groups excluding tert-OH is 1. The quantitative estimate of drug-likeness (QED) is 0.0539. The van der Waals surface area contributed by atoms with E-state index in [1.54, 1.807) is 30.3 Å². The first kappa shape index (κ1) is 47.2. The van der Waals surface area contributed by atoms with Crippen LogP contribution in [0.3, 0.4) is 0 Å². The minimum absolute atomic E-state index is 0.0237. The molecule has 10 heteroatoms. The van der Waals surface area contributed by atoms with Crippen molar-refractivity contribution in [2.45, 2.75) is 147 Å². The Morgan fingerprint density at radius 3 is 2.00 bits per heavy atom. The average molecular weight is 840 g/mol. The maximum atomic E-state index is 14.0. The number of nitrogens with zero attached hydrogens (tertiary/aromatic N) is 1. The largest absolute Gasteiger partial charge is 0.392 e. The van der Waals surface area contributed by atoms with Gasteiger partial charge in [0.2, 0.25) is 15.9 Å². The van der Waals surface area contributed by atoms with Crippen molar-refractivity contribution in [3.05, 3.63) is 131 Å². The van der Waals surface area contributed by atoms with Crippen LogP contribution in [0.5, 0.6) is 0 Å². The molecule has 1 heterocycles. The molecule has 1 amide bonds. The first-order valence-corrected chi connectivity index (χ1v) is 23.9. The fraction of sp³-hybridized carbons (Fsp3) is 0.500. The van der Waals surface area contributed by atoms with Crippen LogP contribution in [0.4, 0.5) is 5.69 Å². The van der Waals surface area contributed by atoms with Gasteiger partial charge < -0.3 is 24.8 Å². The van der Waals surface area contributed by atoms with Crippen LogP contribution >= 0.6 is 0 Å². The number of hydrogen-bond acceptors (Lipinski definition) is 7. The smallest absolute Gasteiger partial charge is 0.242 e. The van der Waals surface area contributed by atoms with Crippen LogP contribution < -0.4 is 10.0 Å². The van der Waals surface area contributed by atoms with Crippen molar-refractivity contribution in [1.29, 1.82) is 0 Å². The summed E-state index contributed by atoms with van der Waals surface area (Å²) in [6.07, 6.45) is 14.9. The Balaban J connectivity index is 1.34. The van der Waals surface area contributed by atoms with Crippen molar-refractivity contribution in [2.24, 2.45) is 0 Å². The van der Waals surface area contributed by atoms with E-state index in [1.807, 2.05) is 79.7 Å². The van der Waals surface area contributed by atoms with Gasteiger partial charge in [0.15, 0.2) is 6.29 Å². The number of aryl methyl sites for hydroxylation is 1. The summed E-state index contributed by atoms with van der Waals surface area (Å²) in [5.41, 5.74) is 4.90. The van der Waals surface area contributed by atoms with E-state index >= 15 is 0 Å². The van der Waals surface area contributed by atoms with Gasteiger partial charge >= 0.3 is 0 Å². The van der Waals surface area contributed by atoms with Crippen LogP contribution in [-0.2, 0) is 37.3 Å². The highest BCUT2D eigenvalue weighted by Crippen LogP contribution is 2.39. The van der Waals surface area contributed by atoms with Crippen LogP contribution in [0.25, 0.3) is 0 Å². The molecule has 326 valence electrons. The Kier molecular flexibility index (Phi) is 19.8. The first-order chi connectivity index (χ1) is 29.2. The molecule has 0 aliphatic carbocycles. The number of carbonyl (C=O) groups is 1. The normalized spacial score (nSPS) is 17.4. The van der Waals surface area contributed by atoms with Crippen LogP contribution in [0, 0.1) is 6.92 Å². The van der Waals surface area contributed by atoms with Gasteiger partial charge in [-0.3, -0.25) is 4.79 Å². The zero-order valence-corrected chi connectivity index (χ0v) is 37.0. The van der Waals surface area contributed by atoms with Gasteiger partial charge in [-0.15, -0.1) is 0 Å². The molecule has 9 nitrogen and oxygen atoms in total. The van der Waals surface area contributed by atoms with Gasteiger partial charge in [-0.05, 0) is 80.2 Å². The van der Waals surface area contributed by atoms with Gasteiger partial charge in [-0.1, -0.05) is 162 Å². The number of rotatable bonds is 26. The van der Waals surface area contributed by atoms with Crippen LogP contribution in [0.2, 0.25) is 0 Å². The summed E-state index contributed by atoms with van der Waals surface area (Å²) in [6.45, 7) is 9.27. The van der Waals surface area contributed by atoms with Gasteiger partial charge in [-0.2, -0.15) is 4.72 Å². The molecule has 0 radical (unpaired) electrons. The number of anilines is 1. The second-order valence-electron chi connectivity index (χ2n) is 16.5. The third-order valence-electron chi connectivity index (χ3n) is 11.4. The maximum absolute atomic E-state index is 14.0. The van der Waals surface area contributed by atoms with Crippen molar-refractivity contribution >= 4 is 21.6 Å². The van der Waals surface area contributed by atoms with E-state index in [2.05, 4.69) is 28.8 Å². The molecule has 4 aromatic rings. The molecule has 4 atom stereocenters. The molecular formula is C50H69N3O6S. The van der Waals surface area contributed by atoms with Gasteiger partial charge in [-0.25, -0.2) is 8.42 Å². The standard InChI is InChI=1S/C50H69N3O6S/c1-4-6-8-10-12-17-32-53(33-18-13-11-9-7-5-2)37-45-36-48(42-28-26-41(38-54)27-29-42)59-50(58-45)43-22-19-23-44(35-43)51-49(55)47(34-40-20-15-14-16-21-40)52-60(56,57)46-30-24-39(3)25-31-46/h14-16,19-31,35,45,47-48,50,52,54H,4-13,17-18,32-34,36-38H2,1-3H3,(H,51,55)/t45-,47+,48+,50+/m0/s1. The third-order valence-corrected chi connectivity index (χ3v) is 12.9. The van der Waals surface area contributed by atoms with Crippen LogP contribution in [0.15, 0.2) is 108 Å². The van der Waals surface area contributed by atoms with Gasteiger partial charge in [0, 0.05) is 24.2 Å². The Labute approximate surface area is 360 Å². The molecule has 1 saturated heterocycles. The lowest BCUT2D eigenvalue weighted by Crippen LogP contribution is -2.45. The Hall–Kier alpha value is -3.90. The lowest BCUT2D eigenvalue weighted by atomic mass is 9.99. The van der Waals surface area contributed by atoms with Crippen LogP contribution in [-0.4, -0.2) is 56.1 Å². The van der Waals surface area contributed by atoms with E-state index in [1.165, 1.54) is 77.0 Å². The number of unbranched alkanes of at least 4 members (excludes halogenated alkanes) is 10. The van der Waals surface area contributed by atoms with Gasteiger partial charge in [0.25, 0.3) is 0 Å². The summed E-state index contributed by atoms with van der Waals surface area (Å²) in [4.78, 5) is 16.7. The number of nitrogens with one attached hydrogen (secondary N) is 2. The second kappa shape index (κ2) is 25.1. The highest BCUT2D eigenvalue weighted by Gasteiger charge is 2.34. The van der Waals surface area contributed by atoms with Gasteiger partial charge in [0.1, 0.15) is 6.04 Å². The second-order valence-corrected chi connectivity index (χ2v) is 18.2. The zero-order chi connectivity index (χ0) is 42.6. The number of ether oxygens (including phenoxy) is 2. The van der Waals surface area contributed by atoms with Crippen molar-refractivity contribution in [3.63, 3.8) is 0 Å². The number of amides is 1. The summed E-state index contributed by atoms with van der Waals surface area (Å²) >= 11 is 0. The number of carbonyl (C=O) groups excluding carboxylic acids is 1. The third kappa shape index (κ3) is 15.5. The van der Waals surface area contributed by atoms with Gasteiger partial charge in [0.05, 0.1) is 23.7 Å². The van der Waals surface area contributed by atoms with E-state index in [9.17, 15) is 18.3 Å². The van der Waals surface area contributed by atoms with Crippen molar-refractivity contribution in [3.8, 4) is 0 Å². The number of hydrogen-bond donors (Lipinski definition) is 3. The molecule has 4 aromatic carbocycles. The molecule has 1 fully saturated rings. The molecule has 3 N–H and O–H groups in total. The number of benzene rings is 4. The molecule has 0 bridgehead atoms.